The van der Waals surface area contributed by atoms with E-state index >= 15 is 0 Å². The van der Waals surface area contributed by atoms with Crippen LogP contribution in [0.15, 0.2) is 65.8 Å². The molecule has 3 rings (SSSR count). The van der Waals surface area contributed by atoms with Gasteiger partial charge in [-0.2, -0.15) is 5.10 Å². The number of benzene rings is 3. The molecule has 0 aliphatic heterocycles. The Bertz CT molecular complexity index is 922. The summed E-state index contributed by atoms with van der Waals surface area (Å²) in [5, 5.41) is 5.92. The van der Waals surface area contributed by atoms with Crippen molar-refractivity contribution in [1.82, 2.24) is 5.43 Å². The van der Waals surface area contributed by atoms with Crippen LogP contribution in [0.25, 0.3) is 10.8 Å². The van der Waals surface area contributed by atoms with Crippen molar-refractivity contribution in [2.24, 2.45) is 5.10 Å². The van der Waals surface area contributed by atoms with E-state index in [2.05, 4.69) is 10.5 Å². The number of carbonyl (C=O) groups is 1. The lowest BCUT2D eigenvalue weighted by Gasteiger charge is -2.08. The maximum atomic E-state index is 13.6. The molecule has 1 amide bonds. The van der Waals surface area contributed by atoms with Crippen LogP contribution in [-0.4, -0.2) is 19.2 Å². The highest BCUT2D eigenvalue weighted by Gasteiger charge is 2.10. The SMILES string of the molecule is COc1ccc2ccccc2c1C=NNC(=O)c1ccccc1F. The number of methoxy groups -OCH3 is 1. The van der Waals surface area contributed by atoms with Crippen molar-refractivity contribution in [3.8, 4) is 5.75 Å². The zero-order chi connectivity index (χ0) is 16.9. The van der Waals surface area contributed by atoms with Gasteiger partial charge in [0, 0.05) is 5.56 Å². The Morgan fingerprint density at radius 1 is 1.08 bits per heavy atom. The Morgan fingerprint density at radius 2 is 1.83 bits per heavy atom. The van der Waals surface area contributed by atoms with E-state index in [-0.39, 0.29) is 5.56 Å². The van der Waals surface area contributed by atoms with E-state index in [1.165, 1.54) is 24.4 Å². The Labute approximate surface area is 138 Å². The minimum Gasteiger partial charge on any atom is -0.496 e. The van der Waals surface area contributed by atoms with Crippen LogP contribution in [0.3, 0.4) is 0 Å². The molecule has 0 bridgehead atoms. The van der Waals surface area contributed by atoms with E-state index < -0.39 is 11.7 Å². The van der Waals surface area contributed by atoms with E-state index in [0.29, 0.717) is 5.75 Å². The van der Waals surface area contributed by atoms with Crippen LogP contribution in [0.4, 0.5) is 4.39 Å². The average molecular weight is 322 g/mol. The fourth-order valence-electron chi connectivity index (χ4n) is 2.45. The topological polar surface area (TPSA) is 50.7 Å². The van der Waals surface area contributed by atoms with Crippen LogP contribution in [0, 0.1) is 5.82 Å². The van der Waals surface area contributed by atoms with Gasteiger partial charge >= 0.3 is 0 Å². The summed E-state index contributed by atoms with van der Waals surface area (Å²) in [6.07, 6.45) is 1.50. The van der Waals surface area contributed by atoms with Crippen LogP contribution in [0.2, 0.25) is 0 Å². The molecular formula is C19H15FN2O2. The molecule has 120 valence electrons. The van der Waals surface area contributed by atoms with Crippen molar-refractivity contribution in [3.63, 3.8) is 0 Å². The van der Waals surface area contributed by atoms with Crippen LogP contribution >= 0.6 is 0 Å². The number of halogens is 1. The Balaban J connectivity index is 1.88. The lowest BCUT2D eigenvalue weighted by Crippen LogP contribution is -2.19. The summed E-state index contributed by atoms with van der Waals surface area (Å²) in [7, 11) is 1.57. The van der Waals surface area contributed by atoms with E-state index in [1.54, 1.807) is 13.2 Å². The van der Waals surface area contributed by atoms with Crippen molar-refractivity contribution in [2.45, 2.75) is 0 Å². The number of hydrogen-bond acceptors (Lipinski definition) is 3. The van der Waals surface area contributed by atoms with Crippen molar-refractivity contribution < 1.29 is 13.9 Å². The van der Waals surface area contributed by atoms with Crippen molar-refractivity contribution in [2.75, 3.05) is 7.11 Å². The van der Waals surface area contributed by atoms with Crippen molar-refractivity contribution in [3.05, 3.63) is 77.6 Å². The summed E-state index contributed by atoms with van der Waals surface area (Å²) in [6.45, 7) is 0. The number of nitrogens with zero attached hydrogens (tertiary/aromatic N) is 1. The predicted octanol–water partition coefficient (Wildman–Crippen LogP) is 3.75. The number of rotatable bonds is 4. The summed E-state index contributed by atoms with van der Waals surface area (Å²) >= 11 is 0. The smallest absolute Gasteiger partial charge is 0.274 e. The van der Waals surface area contributed by atoms with Gasteiger partial charge < -0.3 is 4.74 Å². The maximum absolute atomic E-state index is 13.6. The van der Waals surface area contributed by atoms with Crippen LogP contribution in [-0.2, 0) is 0 Å². The van der Waals surface area contributed by atoms with Crippen molar-refractivity contribution in [1.29, 1.82) is 0 Å². The molecule has 0 heterocycles. The van der Waals surface area contributed by atoms with Gasteiger partial charge in [-0.1, -0.05) is 42.5 Å². The molecule has 24 heavy (non-hydrogen) atoms. The minimum absolute atomic E-state index is 0.0560. The molecule has 0 aromatic heterocycles. The first-order chi connectivity index (χ1) is 11.7. The Morgan fingerprint density at radius 3 is 2.62 bits per heavy atom. The molecule has 0 radical (unpaired) electrons. The molecule has 4 nitrogen and oxygen atoms in total. The molecular weight excluding hydrogens is 307 g/mol. The van der Waals surface area contributed by atoms with Gasteiger partial charge in [0.25, 0.3) is 5.91 Å². The van der Waals surface area contributed by atoms with Gasteiger partial charge in [0.2, 0.25) is 0 Å². The second-order valence-corrected chi connectivity index (χ2v) is 5.08. The van der Waals surface area contributed by atoms with Gasteiger partial charge in [0.15, 0.2) is 0 Å². The third-order valence-electron chi connectivity index (χ3n) is 3.63. The lowest BCUT2D eigenvalue weighted by molar-refractivity contribution is 0.0951. The summed E-state index contributed by atoms with van der Waals surface area (Å²) in [4.78, 5) is 12.0. The molecule has 0 fully saturated rings. The summed E-state index contributed by atoms with van der Waals surface area (Å²) in [5.74, 6) is -0.561. The van der Waals surface area contributed by atoms with Crippen LogP contribution in [0.1, 0.15) is 15.9 Å². The van der Waals surface area contributed by atoms with Gasteiger partial charge in [0.05, 0.1) is 18.9 Å². The number of hydrazone groups is 1. The molecule has 0 spiro atoms. The molecule has 1 N–H and O–H groups in total. The molecule has 3 aromatic carbocycles. The number of amides is 1. The average Bonchev–Trinajstić information content (AvgIpc) is 2.62. The summed E-state index contributed by atoms with van der Waals surface area (Å²) < 4.78 is 18.9. The first kappa shape index (κ1) is 15.7. The molecule has 5 heteroatoms. The highest BCUT2D eigenvalue weighted by atomic mass is 19.1. The van der Waals surface area contributed by atoms with E-state index in [0.717, 1.165) is 16.3 Å². The lowest BCUT2D eigenvalue weighted by atomic mass is 10.0. The predicted molar refractivity (Wildman–Crippen MR) is 92.0 cm³/mol. The molecule has 0 saturated carbocycles. The maximum Gasteiger partial charge on any atom is 0.274 e. The fourth-order valence-corrected chi connectivity index (χ4v) is 2.45. The quantitative estimate of drug-likeness (QED) is 0.587. The third kappa shape index (κ3) is 3.10. The van der Waals surface area contributed by atoms with E-state index in [4.69, 9.17) is 4.74 Å². The minimum atomic E-state index is -0.608. The van der Waals surface area contributed by atoms with Crippen LogP contribution < -0.4 is 10.2 Å². The first-order valence-electron chi connectivity index (χ1n) is 7.34. The zero-order valence-corrected chi connectivity index (χ0v) is 13.0. The highest BCUT2D eigenvalue weighted by Crippen LogP contribution is 2.26. The molecule has 3 aromatic rings. The van der Waals surface area contributed by atoms with Gasteiger partial charge in [-0.25, -0.2) is 9.82 Å². The van der Waals surface area contributed by atoms with E-state index in [1.807, 2.05) is 36.4 Å². The monoisotopic (exact) mass is 322 g/mol. The van der Waals surface area contributed by atoms with Gasteiger partial charge in [-0.15, -0.1) is 0 Å². The second kappa shape index (κ2) is 6.91. The third-order valence-corrected chi connectivity index (χ3v) is 3.63. The number of hydrogen-bond donors (Lipinski definition) is 1. The molecule has 0 aliphatic rings. The molecule has 0 atom stereocenters. The second-order valence-electron chi connectivity index (χ2n) is 5.08. The van der Waals surface area contributed by atoms with Crippen LogP contribution in [0.5, 0.6) is 5.75 Å². The molecule has 0 unspecified atom stereocenters. The first-order valence-corrected chi connectivity index (χ1v) is 7.34. The fraction of sp³-hybridized carbons (Fsp3) is 0.0526. The summed E-state index contributed by atoms with van der Waals surface area (Å²) in [6, 6.07) is 17.3. The molecule has 0 aliphatic carbocycles. The van der Waals surface area contributed by atoms with E-state index in [9.17, 15) is 9.18 Å². The van der Waals surface area contributed by atoms with Gasteiger partial charge in [0.1, 0.15) is 11.6 Å². The van der Waals surface area contributed by atoms with Gasteiger partial charge in [-0.3, -0.25) is 4.79 Å². The normalized spacial score (nSPS) is 10.9. The number of nitrogens with one attached hydrogen (secondary N) is 1. The Kier molecular flexibility index (Phi) is 4.52. The summed E-state index contributed by atoms with van der Waals surface area (Å²) in [5.41, 5.74) is 3.02. The molecule has 0 saturated heterocycles. The highest BCUT2D eigenvalue weighted by molar-refractivity contribution is 6.03. The van der Waals surface area contributed by atoms with Gasteiger partial charge in [-0.05, 0) is 29.0 Å². The van der Waals surface area contributed by atoms with Crippen molar-refractivity contribution >= 4 is 22.9 Å². The standard InChI is InChI=1S/C19H15FN2O2/c1-24-18-11-10-13-6-2-3-7-14(13)16(18)12-21-22-19(23)15-8-4-5-9-17(15)20/h2-12H,1H3,(H,22,23). The number of fused-ring (bicyclic) bond motifs is 1. The largest absolute Gasteiger partial charge is 0.496 e. The number of ether oxygens (including phenoxy) is 1. The Hall–Kier alpha value is -3.21. The number of carbonyl (C=O) groups excluding carboxylic acids is 1. The zero-order valence-electron chi connectivity index (χ0n) is 13.0.